The minimum Gasteiger partial charge on any atom is -0.464 e. The molecule has 1 unspecified atom stereocenters. The Morgan fingerprint density at radius 3 is 2.81 bits per heavy atom. The van der Waals surface area contributed by atoms with Crippen molar-refractivity contribution < 1.29 is 12.8 Å². The molecule has 1 aliphatic carbocycles. The summed E-state index contributed by atoms with van der Waals surface area (Å²) in [5, 5.41) is 3.32. The van der Waals surface area contributed by atoms with E-state index in [0.29, 0.717) is 24.1 Å². The highest BCUT2D eigenvalue weighted by Gasteiger charge is 2.25. The van der Waals surface area contributed by atoms with E-state index in [2.05, 4.69) is 17.0 Å². The Morgan fingerprint density at radius 1 is 1.48 bits per heavy atom. The fourth-order valence-corrected chi connectivity index (χ4v) is 4.29. The molecular formula is C14H24N2O3S2. The average Bonchev–Trinajstić information content (AvgIpc) is 3.15. The third kappa shape index (κ3) is 5.02. The molecule has 5 nitrogen and oxygen atoms in total. The molecule has 120 valence electrons. The highest BCUT2D eigenvalue weighted by Crippen LogP contribution is 2.23. The fraction of sp³-hybridized carbons (Fsp3) is 0.714. The van der Waals surface area contributed by atoms with Crippen LogP contribution in [0.5, 0.6) is 0 Å². The summed E-state index contributed by atoms with van der Waals surface area (Å²) in [5.41, 5.74) is 0. The van der Waals surface area contributed by atoms with Gasteiger partial charge < -0.3 is 9.73 Å². The molecule has 21 heavy (non-hydrogen) atoms. The zero-order valence-corrected chi connectivity index (χ0v) is 14.4. The van der Waals surface area contributed by atoms with E-state index in [0.717, 1.165) is 11.5 Å². The van der Waals surface area contributed by atoms with Crippen LogP contribution in [0.4, 0.5) is 0 Å². The minimum atomic E-state index is -3.51. The monoisotopic (exact) mass is 332 g/mol. The second kappa shape index (κ2) is 7.17. The van der Waals surface area contributed by atoms with Crippen LogP contribution in [0.1, 0.15) is 38.2 Å². The fourth-order valence-electron chi connectivity index (χ4n) is 2.07. The first kappa shape index (κ1) is 16.9. The van der Waals surface area contributed by atoms with Crippen molar-refractivity contribution >= 4 is 21.8 Å². The van der Waals surface area contributed by atoms with Crippen LogP contribution in [0.15, 0.2) is 15.4 Å². The Kier molecular flexibility index (Phi) is 5.76. The third-order valence-electron chi connectivity index (χ3n) is 3.28. The number of sulfonamides is 1. The van der Waals surface area contributed by atoms with Gasteiger partial charge in [0.2, 0.25) is 10.0 Å². The molecule has 1 saturated carbocycles. The molecule has 0 amide bonds. The number of hydrogen-bond acceptors (Lipinski definition) is 5. The van der Waals surface area contributed by atoms with Crippen LogP contribution < -0.4 is 10.0 Å². The van der Waals surface area contributed by atoms with Crippen molar-refractivity contribution in [2.24, 2.45) is 0 Å². The Morgan fingerprint density at radius 2 is 2.19 bits per heavy atom. The number of hydrogen-bond donors (Lipinski definition) is 2. The number of rotatable bonds is 9. The number of thioether (sulfide) groups is 1. The van der Waals surface area contributed by atoms with Crippen molar-refractivity contribution in [3.63, 3.8) is 0 Å². The van der Waals surface area contributed by atoms with Crippen molar-refractivity contribution in [1.82, 2.24) is 10.0 Å². The molecule has 1 heterocycles. The maximum absolute atomic E-state index is 12.4. The highest BCUT2D eigenvalue weighted by atomic mass is 32.2. The molecule has 0 aliphatic heterocycles. The summed E-state index contributed by atoms with van der Waals surface area (Å²) in [6.45, 7) is 6.22. The minimum absolute atomic E-state index is 0.0951. The molecule has 1 fully saturated rings. The second-order valence-corrected chi connectivity index (χ2v) is 8.47. The Hall–Kier alpha value is -0.500. The summed E-state index contributed by atoms with van der Waals surface area (Å²) < 4.78 is 33.0. The van der Waals surface area contributed by atoms with Crippen LogP contribution >= 0.6 is 11.8 Å². The summed E-state index contributed by atoms with van der Waals surface area (Å²) in [6, 6.07) is 2.11. The predicted molar refractivity (Wildman–Crippen MR) is 86.1 cm³/mol. The predicted octanol–water partition coefficient (Wildman–Crippen LogP) is 2.26. The lowest BCUT2D eigenvalue weighted by atomic mass is 10.4. The van der Waals surface area contributed by atoms with Crippen LogP contribution in [0.25, 0.3) is 0 Å². The molecule has 2 rings (SSSR count). The third-order valence-corrected chi connectivity index (χ3v) is 6.12. The van der Waals surface area contributed by atoms with E-state index in [-0.39, 0.29) is 10.9 Å². The van der Waals surface area contributed by atoms with Crippen molar-refractivity contribution in [1.29, 1.82) is 0 Å². The molecule has 0 spiro atoms. The second-order valence-electron chi connectivity index (χ2n) is 5.47. The number of aryl methyl sites for hydroxylation is 1. The largest absolute Gasteiger partial charge is 0.464 e. The molecule has 2 N–H and O–H groups in total. The average molecular weight is 332 g/mol. The van der Waals surface area contributed by atoms with Crippen LogP contribution in [0.3, 0.4) is 0 Å². The maximum atomic E-state index is 12.4. The Bertz CT molecular complexity index is 565. The summed E-state index contributed by atoms with van der Waals surface area (Å²) in [6.07, 6.45) is 2.39. The van der Waals surface area contributed by atoms with Gasteiger partial charge in [-0.15, -0.1) is 0 Å². The van der Waals surface area contributed by atoms with E-state index in [1.807, 2.05) is 6.92 Å². The lowest BCUT2D eigenvalue weighted by Crippen LogP contribution is -2.34. The van der Waals surface area contributed by atoms with Crippen molar-refractivity contribution in [3.05, 3.63) is 17.6 Å². The highest BCUT2D eigenvalue weighted by molar-refractivity contribution is 7.99. The van der Waals surface area contributed by atoms with E-state index >= 15 is 0 Å². The van der Waals surface area contributed by atoms with Crippen LogP contribution in [0, 0.1) is 6.92 Å². The van der Waals surface area contributed by atoms with Crippen LogP contribution in [-0.2, 0) is 16.6 Å². The standard InChI is InChI=1S/C14H24N2O3S2/c1-4-20-9-10(2)16-21(17,18)14-7-13(19-11(14)3)8-15-12-5-6-12/h7,10,12,15-16H,4-6,8-9H2,1-3H3. The summed E-state index contributed by atoms with van der Waals surface area (Å²) in [4.78, 5) is 0.253. The van der Waals surface area contributed by atoms with E-state index in [4.69, 9.17) is 4.42 Å². The summed E-state index contributed by atoms with van der Waals surface area (Å²) >= 11 is 1.72. The molecule has 7 heteroatoms. The van der Waals surface area contributed by atoms with Gasteiger partial charge >= 0.3 is 0 Å². The Labute approximate surface area is 131 Å². The molecule has 0 aromatic carbocycles. The van der Waals surface area contributed by atoms with E-state index in [1.165, 1.54) is 12.8 Å². The van der Waals surface area contributed by atoms with Crippen molar-refractivity contribution in [3.8, 4) is 0 Å². The van der Waals surface area contributed by atoms with E-state index in [9.17, 15) is 8.42 Å². The molecule has 0 bridgehead atoms. The molecular weight excluding hydrogens is 308 g/mol. The summed E-state index contributed by atoms with van der Waals surface area (Å²) in [5.74, 6) is 2.87. The SMILES string of the molecule is CCSCC(C)NS(=O)(=O)c1cc(CNC2CC2)oc1C. The Balaban J connectivity index is 2.00. The van der Waals surface area contributed by atoms with Gasteiger partial charge in [-0.25, -0.2) is 13.1 Å². The zero-order valence-electron chi connectivity index (χ0n) is 12.8. The van der Waals surface area contributed by atoms with Gasteiger partial charge in [0, 0.05) is 23.9 Å². The molecule has 1 atom stereocenters. The van der Waals surface area contributed by atoms with Crippen LogP contribution in [-0.4, -0.2) is 32.0 Å². The van der Waals surface area contributed by atoms with Gasteiger partial charge in [0.25, 0.3) is 0 Å². The van der Waals surface area contributed by atoms with Gasteiger partial charge in [0.1, 0.15) is 16.4 Å². The van der Waals surface area contributed by atoms with Gasteiger partial charge in [-0.1, -0.05) is 6.92 Å². The van der Waals surface area contributed by atoms with Crippen molar-refractivity contribution in [2.45, 2.75) is 57.1 Å². The van der Waals surface area contributed by atoms with Gasteiger partial charge in [0.05, 0.1) is 6.54 Å². The smallest absolute Gasteiger partial charge is 0.244 e. The zero-order chi connectivity index (χ0) is 15.5. The normalized spacial score (nSPS) is 17.1. The maximum Gasteiger partial charge on any atom is 0.244 e. The number of furan rings is 1. The quantitative estimate of drug-likeness (QED) is 0.726. The lowest BCUT2D eigenvalue weighted by molar-refractivity contribution is 0.456. The van der Waals surface area contributed by atoms with Gasteiger partial charge in [-0.2, -0.15) is 11.8 Å². The molecule has 1 aromatic heterocycles. The first-order chi connectivity index (χ1) is 9.92. The van der Waals surface area contributed by atoms with E-state index < -0.39 is 10.0 Å². The lowest BCUT2D eigenvalue weighted by Gasteiger charge is -2.12. The first-order valence-corrected chi connectivity index (χ1v) is 9.99. The van der Waals surface area contributed by atoms with E-state index in [1.54, 1.807) is 24.8 Å². The van der Waals surface area contributed by atoms with Crippen LogP contribution in [0.2, 0.25) is 0 Å². The molecule has 1 aliphatic rings. The molecule has 0 saturated heterocycles. The first-order valence-electron chi connectivity index (χ1n) is 7.35. The van der Waals surface area contributed by atoms with Gasteiger partial charge in [0.15, 0.2) is 0 Å². The topological polar surface area (TPSA) is 71.3 Å². The summed E-state index contributed by atoms with van der Waals surface area (Å²) in [7, 11) is -3.51. The molecule has 1 aromatic rings. The van der Waals surface area contributed by atoms with Gasteiger partial charge in [-0.3, -0.25) is 0 Å². The number of nitrogens with one attached hydrogen (secondary N) is 2. The van der Waals surface area contributed by atoms with Gasteiger partial charge in [-0.05, 0) is 32.4 Å². The van der Waals surface area contributed by atoms with Crippen molar-refractivity contribution in [2.75, 3.05) is 11.5 Å². The molecule has 0 radical (unpaired) electrons.